The lowest BCUT2D eigenvalue weighted by atomic mass is 10.1. The summed E-state index contributed by atoms with van der Waals surface area (Å²) in [5.74, 6) is 0.141. The van der Waals surface area contributed by atoms with Gasteiger partial charge in [0, 0.05) is 14.2 Å². The summed E-state index contributed by atoms with van der Waals surface area (Å²) >= 11 is 0. The number of hydrogen-bond acceptors (Lipinski definition) is 18. The zero-order valence-corrected chi connectivity index (χ0v) is 26.6. The number of aliphatic hydroxyl groups excluding tert-OH is 2. The van der Waals surface area contributed by atoms with Crippen LogP contribution in [0.15, 0.2) is 23.8 Å². The number of nitrogens with two attached hydrogens (primary N) is 1. The lowest BCUT2D eigenvalue weighted by Gasteiger charge is -2.26. The van der Waals surface area contributed by atoms with Crippen LogP contribution in [-0.2, 0) is 36.9 Å². The average Bonchev–Trinajstić information content (AvgIpc) is 3.79. The highest BCUT2D eigenvalue weighted by Crippen LogP contribution is 2.50. The van der Waals surface area contributed by atoms with E-state index in [1.54, 1.807) is 7.05 Å². The second-order valence-electron chi connectivity index (χ2n) is 10.5. The van der Waals surface area contributed by atoms with E-state index in [9.17, 15) is 38.8 Å². The zero-order chi connectivity index (χ0) is 34.5. The fraction of sp³-hybridized carbons (Fsp3) is 0.545. The molecular weight excluding hydrogens is 690 g/mol. The molecule has 24 nitrogen and oxygen atoms in total. The van der Waals surface area contributed by atoms with Crippen molar-refractivity contribution in [1.29, 1.82) is 0 Å². The minimum Gasteiger partial charge on any atom is -0.387 e. The van der Waals surface area contributed by atoms with Gasteiger partial charge in [0.15, 0.2) is 35.1 Å². The van der Waals surface area contributed by atoms with Crippen LogP contribution in [0.1, 0.15) is 12.5 Å². The molecule has 1 unspecified atom stereocenters. The van der Waals surface area contributed by atoms with Crippen molar-refractivity contribution in [2.45, 2.75) is 49.1 Å². The number of nitrogens with one attached hydrogen (secondary N) is 2. The van der Waals surface area contributed by atoms with E-state index in [0.717, 1.165) is 10.9 Å². The number of imidazole rings is 2. The summed E-state index contributed by atoms with van der Waals surface area (Å²) in [6.07, 6.45) is -7.74. The minimum absolute atomic E-state index is 0.0606. The van der Waals surface area contributed by atoms with Crippen LogP contribution in [0.3, 0.4) is 0 Å². The van der Waals surface area contributed by atoms with Crippen LogP contribution in [0.5, 0.6) is 0 Å². The first kappa shape index (κ1) is 34.4. The molecule has 0 bridgehead atoms. The highest BCUT2D eigenvalue weighted by molar-refractivity contribution is 7.47. The number of ether oxygens (including phenoxy) is 3. The summed E-state index contributed by atoms with van der Waals surface area (Å²) in [5.41, 5.74) is 5.37. The van der Waals surface area contributed by atoms with E-state index in [-0.39, 0.29) is 22.8 Å². The van der Waals surface area contributed by atoms with Gasteiger partial charge in [0.05, 0.1) is 25.9 Å². The van der Waals surface area contributed by atoms with E-state index < -0.39 is 83.5 Å². The molecule has 48 heavy (non-hydrogen) atoms. The van der Waals surface area contributed by atoms with Gasteiger partial charge in [-0.1, -0.05) is 0 Å². The molecule has 6 heterocycles. The average molecular weight is 720 g/mol. The molecule has 4 aromatic rings. The van der Waals surface area contributed by atoms with Gasteiger partial charge < -0.3 is 50.2 Å². The molecule has 6 rings (SSSR count). The second kappa shape index (κ2) is 13.1. The molecule has 9 atom stereocenters. The number of nitrogens with zero attached hydrogens (tertiary/aromatic N) is 7. The maximum absolute atomic E-state index is 13.3. The highest BCUT2D eigenvalue weighted by Gasteiger charge is 2.52. The van der Waals surface area contributed by atoms with Crippen molar-refractivity contribution in [3.63, 3.8) is 0 Å². The van der Waals surface area contributed by atoms with Crippen molar-refractivity contribution in [2.75, 3.05) is 38.4 Å². The van der Waals surface area contributed by atoms with Crippen molar-refractivity contribution in [3.8, 4) is 0 Å². The molecule has 2 aliphatic heterocycles. The third kappa shape index (κ3) is 6.58. The number of phosphoric acid groups is 2. The van der Waals surface area contributed by atoms with Crippen molar-refractivity contribution in [3.05, 3.63) is 29.3 Å². The number of anilines is 2. The Hall–Kier alpha value is -3.48. The quantitative estimate of drug-likeness (QED) is 0.0715. The van der Waals surface area contributed by atoms with Crippen molar-refractivity contribution < 1.29 is 61.8 Å². The number of rotatable bonds is 12. The molecule has 0 saturated carbocycles. The van der Waals surface area contributed by atoms with Gasteiger partial charge in [-0.3, -0.25) is 32.5 Å². The first-order valence-corrected chi connectivity index (χ1v) is 16.9. The molecule has 0 aliphatic carbocycles. The second-order valence-corrected chi connectivity index (χ2v) is 13.1. The molecule has 4 aromatic heterocycles. The Morgan fingerprint density at radius 2 is 1.60 bits per heavy atom. The maximum Gasteiger partial charge on any atom is 0.472 e. The number of aliphatic hydroxyl groups is 2. The van der Waals surface area contributed by atoms with E-state index in [0.29, 0.717) is 11.3 Å². The molecule has 0 amide bonds. The molecule has 2 saturated heterocycles. The predicted molar refractivity (Wildman–Crippen MR) is 157 cm³/mol. The van der Waals surface area contributed by atoms with Gasteiger partial charge in [0.1, 0.15) is 48.5 Å². The fourth-order valence-electron chi connectivity index (χ4n) is 5.41. The van der Waals surface area contributed by atoms with Crippen LogP contribution in [0, 0.1) is 0 Å². The van der Waals surface area contributed by atoms with Crippen molar-refractivity contribution in [2.24, 2.45) is 0 Å². The summed E-state index contributed by atoms with van der Waals surface area (Å²) in [5, 5.41) is 24.2. The number of fused-ring (bicyclic) bond motifs is 2. The highest BCUT2D eigenvalue weighted by atomic mass is 31.2. The Morgan fingerprint density at radius 1 is 0.938 bits per heavy atom. The third-order valence-corrected chi connectivity index (χ3v) is 9.02. The van der Waals surface area contributed by atoms with Gasteiger partial charge in [0.2, 0.25) is 5.95 Å². The largest absolute Gasteiger partial charge is 0.472 e. The molecular formula is C22H30N10O14P2. The number of aromatic amines is 1. The summed E-state index contributed by atoms with van der Waals surface area (Å²) in [6, 6.07) is 0. The van der Waals surface area contributed by atoms with E-state index in [4.69, 9.17) is 29.0 Å². The van der Waals surface area contributed by atoms with Crippen LogP contribution in [-0.4, -0.2) is 128 Å². The standard InChI is InChI=1S/C22H30N10O14P2/c1-24-16-10-17(26-5-25-16)31(6-27-10)21-15(41-2)14(9(45-21)4-42-47(36,37)38)46-48(39,40)43-3-8-12(33)13(34)20(44-8)32-7-28-11-18(32)29-22(23)30-19(11)35/h5-9,12-15,20-21,33-34H,3-4H2,1-2H3,(H,39,40)(H,24,25,26)(H2,36,37,38)(H3,23,29,30,35)/t8-,9-,12-,13-,14-,15-,20-,21-/m1/s1. The molecule has 2 aliphatic rings. The van der Waals surface area contributed by atoms with Gasteiger partial charge in [-0.05, 0) is 0 Å². The molecule has 26 heteroatoms. The number of phosphoric ester groups is 2. The van der Waals surface area contributed by atoms with E-state index >= 15 is 0 Å². The molecule has 262 valence electrons. The van der Waals surface area contributed by atoms with Crippen LogP contribution in [0.2, 0.25) is 0 Å². The molecule has 2 fully saturated rings. The van der Waals surface area contributed by atoms with Crippen LogP contribution in [0.4, 0.5) is 11.8 Å². The Balaban J connectivity index is 1.20. The lowest BCUT2D eigenvalue weighted by Crippen LogP contribution is -2.38. The van der Waals surface area contributed by atoms with Crippen molar-refractivity contribution in [1.82, 2.24) is 39.0 Å². The first-order valence-electron chi connectivity index (χ1n) is 13.8. The smallest absolute Gasteiger partial charge is 0.387 e. The van der Waals surface area contributed by atoms with Crippen LogP contribution < -0.4 is 16.6 Å². The minimum atomic E-state index is -5.13. The van der Waals surface area contributed by atoms with Crippen molar-refractivity contribution >= 4 is 49.7 Å². The summed E-state index contributed by atoms with van der Waals surface area (Å²) in [4.78, 5) is 64.2. The van der Waals surface area contributed by atoms with E-state index in [1.165, 1.54) is 24.3 Å². The van der Waals surface area contributed by atoms with E-state index in [1.807, 2.05) is 0 Å². The number of methoxy groups -OCH3 is 1. The van der Waals surface area contributed by atoms with E-state index in [2.05, 4.69) is 39.7 Å². The van der Waals surface area contributed by atoms with Gasteiger partial charge in [0.25, 0.3) is 5.56 Å². The Kier molecular flexibility index (Phi) is 9.38. The fourth-order valence-corrected chi connectivity index (χ4v) is 6.71. The molecule has 0 aromatic carbocycles. The zero-order valence-electron chi connectivity index (χ0n) is 24.8. The molecule has 0 radical (unpaired) electrons. The lowest BCUT2D eigenvalue weighted by molar-refractivity contribution is -0.0582. The Labute approximate surface area is 267 Å². The normalized spacial score (nSPS) is 29.1. The topological polar surface area (TPSA) is 336 Å². The summed E-state index contributed by atoms with van der Waals surface area (Å²) in [7, 11) is -7.30. The third-order valence-electron chi connectivity index (χ3n) is 7.55. The summed E-state index contributed by atoms with van der Waals surface area (Å²) in [6.45, 7) is -1.62. The summed E-state index contributed by atoms with van der Waals surface area (Å²) < 4.78 is 59.6. The maximum atomic E-state index is 13.3. The van der Waals surface area contributed by atoms with Gasteiger partial charge in [-0.25, -0.2) is 29.1 Å². The SMILES string of the molecule is CNc1ncnc2c1ncn2[C@@H]1O[C@H](COP(=O)(O)O)[C@@H](OP(=O)(O)OC[C@H]2O[C@@H](n3cnc4c(=O)[nH]c(N)nc43)[C@H](O)[C@@H]2O)[C@H]1OC. The monoisotopic (exact) mass is 720 g/mol. The molecule has 9 N–H and O–H groups in total. The van der Waals surface area contributed by atoms with Gasteiger partial charge in [-0.2, -0.15) is 4.98 Å². The Bertz CT molecular complexity index is 1950. The van der Waals surface area contributed by atoms with Gasteiger partial charge >= 0.3 is 15.6 Å². The van der Waals surface area contributed by atoms with Gasteiger partial charge in [-0.15, -0.1) is 0 Å². The number of H-pyrrole nitrogens is 1. The molecule has 0 spiro atoms. The first-order chi connectivity index (χ1) is 22.7. The van der Waals surface area contributed by atoms with Crippen LogP contribution >= 0.6 is 15.6 Å². The van der Waals surface area contributed by atoms with Crippen LogP contribution in [0.25, 0.3) is 22.3 Å². The number of aromatic nitrogens is 8. The number of hydrogen-bond donors (Lipinski definition) is 8. The Morgan fingerprint density at radius 3 is 2.29 bits per heavy atom. The predicted octanol–water partition coefficient (Wildman–Crippen LogP) is -2.27. The number of nitrogen functional groups attached to an aromatic ring is 1.